The van der Waals surface area contributed by atoms with Crippen molar-refractivity contribution in [3.8, 4) is 0 Å². The Labute approximate surface area is 92.3 Å². The molecule has 1 atom stereocenters. The number of ether oxygens (including phenoxy) is 1. The summed E-state index contributed by atoms with van der Waals surface area (Å²) in [6.07, 6.45) is 3.21. The van der Waals surface area contributed by atoms with Crippen molar-refractivity contribution in [2.75, 3.05) is 6.61 Å². The minimum absolute atomic E-state index is 0.305. The Bertz CT molecular complexity index is 508. The summed E-state index contributed by atoms with van der Waals surface area (Å²) < 4.78 is 6.62. The summed E-state index contributed by atoms with van der Waals surface area (Å²) in [5.41, 5.74) is 0.668. The van der Waals surface area contributed by atoms with Crippen molar-refractivity contribution in [1.29, 1.82) is 0 Å². The van der Waals surface area contributed by atoms with Gasteiger partial charge in [-0.15, -0.1) is 10.2 Å². The smallest absolute Gasteiger partial charge is 0.316 e. The first-order valence-corrected chi connectivity index (χ1v) is 5.05. The molecule has 0 aliphatic heterocycles. The number of carbonyl (C=O) groups excluding carboxylic acids is 1. The Kier molecular flexibility index (Phi) is 2.80. The van der Waals surface area contributed by atoms with Crippen LogP contribution in [-0.4, -0.2) is 32.2 Å². The minimum Gasteiger partial charge on any atom is -0.465 e. The Balaban J connectivity index is 2.36. The zero-order valence-electron chi connectivity index (χ0n) is 9.12. The summed E-state index contributed by atoms with van der Waals surface area (Å²) in [7, 11) is 0. The van der Waals surface area contributed by atoms with E-state index in [9.17, 15) is 4.79 Å². The third-order valence-corrected chi connectivity index (χ3v) is 2.27. The van der Waals surface area contributed by atoms with Gasteiger partial charge in [-0.1, -0.05) is 0 Å². The van der Waals surface area contributed by atoms with E-state index in [2.05, 4.69) is 15.2 Å². The van der Waals surface area contributed by atoms with Crippen LogP contribution in [0, 0.1) is 0 Å². The fourth-order valence-electron chi connectivity index (χ4n) is 1.43. The lowest BCUT2D eigenvalue weighted by Gasteiger charge is -2.07. The van der Waals surface area contributed by atoms with Gasteiger partial charge in [0.1, 0.15) is 12.2 Å². The summed E-state index contributed by atoms with van der Waals surface area (Å²) in [4.78, 5) is 15.5. The first-order valence-electron chi connectivity index (χ1n) is 5.05. The Hall–Kier alpha value is -1.98. The second-order valence-electron chi connectivity index (χ2n) is 3.34. The van der Waals surface area contributed by atoms with Gasteiger partial charge in [0.05, 0.1) is 6.61 Å². The summed E-state index contributed by atoms with van der Waals surface area (Å²) in [5, 5.41) is 7.92. The molecule has 6 nitrogen and oxygen atoms in total. The van der Waals surface area contributed by atoms with E-state index in [1.165, 1.54) is 0 Å². The molecule has 0 N–H and O–H groups in total. The monoisotopic (exact) mass is 220 g/mol. The molecule has 0 saturated heterocycles. The molecule has 0 aliphatic rings. The van der Waals surface area contributed by atoms with Crippen molar-refractivity contribution in [1.82, 2.24) is 19.6 Å². The van der Waals surface area contributed by atoms with Crippen LogP contribution in [0.1, 0.15) is 25.6 Å². The summed E-state index contributed by atoms with van der Waals surface area (Å²) in [5.74, 6) is -0.207. The summed E-state index contributed by atoms with van der Waals surface area (Å²) in [6.45, 7) is 3.87. The van der Waals surface area contributed by atoms with Crippen LogP contribution in [0.25, 0.3) is 5.65 Å². The van der Waals surface area contributed by atoms with E-state index < -0.39 is 5.92 Å². The second-order valence-corrected chi connectivity index (χ2v) is 3.34. The predicted octanol–water partition coefficient (Wildman–Crippen LogP) is 0.791. The number of nitrogens with zero attached hydrogens (tertiary/aromatic N) is 4. The van der Waals surface area contributed by atoms with Crippen LogP contribution in [-0.2, 0) is 9.53 Å². The van der Waals surface area contributed by atoms with Gasteiger partial charge in [0, 0.05) is 12.3 Å². The zero-order valence-corrected chi connectivity index (χ0v) is 9.12. The second kappa shape index (κ2) is 4.26. The maximum absolute atomic E-state index is 11.6. The SMILES string of the molecule is CCOC(=O)C(C)c1nnc2ccncn12. The molecule has 84 valence electrons. The van der Waals surface area contributed by atoms with Crippen molar-refractivity contribution >= 4 is 11.6 Å². The molecule has 0 saturated carbocycles. The lowest BCUT2D eigenvalue weighted by atomic mass is 10.2. The van der Waals surface area contributed by atoms with Gasteiger partial charge in [0.25, 0.3) is 0 Å². The number of esters is 1. The fourth-order valence-corrected chi connectivity index (χ4v) is 1.43. The summed E-state index contributed by atoms with van der Waals surface area (Å²) >= 11 is 0. The topological polar surface area (TPSA) is 69.4 Å². The van der Waals surface area contributed by atoms with Crippen LogP contribution in [0.3, 0.4) is 0 Å². The molecule has 2 aromatic heterocycles. The highest BCUT2D eigenvalue weighted by Gasteiger charge is 2.21. The number of carbonyl (C=O) groups is 1. The quantitative estimate of drug-likeness (QED) is 0.715. The number of fused-ring (bicyclic) bond motifs is 1. The zero-order chi connectivity index (χ0) is 11.5. The maximum atomic E-state index is 11.6. The van der Waals surface area contributed by atoms with E-state index in [1.54, 1.807) is 36.8 Å². The van der Waals surface area contributed by atoms with Crippen LogP contribution < -0.4 is 0 Å². The molecule has 0 spiro atoms. The van der Waals surface area contributed by atoms with E-state index in [1.807, 2.05) is 0 Å². The highest BCUT2D eigenvalue weighted by molar-refractivity contribution is 5.76. The van der Waals surface area contributed by atoms with Crippen LogP contribution in [0.2, 0.25) is 0 Å². The third-order valence-electron chi connectivity index (χ3n) is 2.27. The molecule has 0 fully saturated rings. The van der Waals surface area contributed by atoms with Crippen LogP contribution in [0.4, 0.5) is 0 Å². The first kappa shape index (κ1) is 10.5. The molecule has 6 heteroatoms. The molecule has 2 rings (SSSR count). The standard InChI is InChI=1S/C10H12N4O2/c1-3-16-10(15)7(2)9-13-12-8-4-5-11-6-14(8)9/h4-7H,3H2,1-2H3. The number of hydrogen-bond donors (Lipinski definition) is 0. The highest BCUT2D eigenvalue weighted by atomic mass is 16.5. The number of aromatic nitrogens is 4. The molecule has 0 radical (unpaired) electrons. The number of hydrogen-bond acceptors (Lipinski definition) is 5. The average molecular weight is 220 g/mol. The van der Waals surface area contributed by atoms with Gasteiger partial charge in [0.2, 0.25) is 0 Å². The Morgan fingerprint density at radius 2 is 2.38 bits per heavy atom. The molecule has 0 aromatic carbocycles. The van der Waals surface area contributed by atoms with E-state index in [0.717, 1.165) is 0 Å². The highest BCUT2D eigenvalue weighted by Crippen LogP contribution is 2.15. The molecule has 1 unspecified atom stereocenters. The van der Waals surface area contributed by atoms with Gasteiger partial charge >= 0.3 is 5.97 Å². The first-order chi connectivity index (χ1) is 7.74. The minimum atomic E-state index is -0.445. The van der Waals surface area contributed by atoms with Crippen LogP contribution in [0.15, 0.2) is 18.6 Å². The molecule has 2 heterocycles. The molecular formula is C10H12N4O2. The Morgan fingerprint density at radius 3 is 3.12 bits per heavy atom. The van der Waals surface area contributed by atoms with Crippen molar-refractivity contribution in [2.45, 2.75) is 19.8 Å². The molecule has 0 amide bonds. The predicted molar refractivity (Wildman–Crippen MR) is 55.8 cm³/mol. The van der Waals surface area contributed by atoms with E-state index in [4.69, 9.17) is 4.74 Å². The summed E-state index contributed by atoms with van der Waals surface area (Å²) in [6, 6.07) is 1.73. The molecule has 0 bridgehead atoms. The van der Waals surface area contributed by atoms with Gasteiger partial charge in [-0.25, -0.2) is 4.98 Å². The van der Waals surface area contributed by atoms with Gasteiger partial charge in [-0.2, -0.15) is 0 Å². The van der Waals surface area contributed by atoms with E-state index in [-0.39, 0.29) is 5.97 Å². The van der Waals surface area contributed by atoms with Crippen LogP contribution in [0.5, 0.6) is 0 Å². The average Bonchev–Trinajstić information content (AvgIpc) is 2.72. The lowest BCUT2D eigenvalue weighted by Crippen LogP contribution is -2.15. The molecule has 16 heavy (non-hydrogen) atoms. The van der Waals surface area contributed by atoms with Crippen molar-refractivity contribution < 1.29 is 9.53 Å². The molecule has 0 aliphatic carbocycles. The molecular weight excluding hydrogens is 208 g/mol. The third kappa shape index (κ3) is 1.73. The van der Waals surface area contributed by atoms with Crippen molar-refractivity contribution in [3.05, 3.63) is 24.4 Å². The number of rotatable bonds is 3. The fraction of sp³-hybridized carbons (Fsp3) is 0.400. The van der Waals surface area contributed by atoms with Crippen LogP contribution >= 0.6 is 0 Å². The largest absolute Gasteiger partial charge is 0.465 e. The van der Waals surface area contributed by atoms with E-state index >= 15 is 0 Å². The van der Waals surface area contributed by atoms with Crippen molar-refractivity contribution in [2.24, 2.45) is 0 Å². The van der Waals surface area contributed by atoms with Gasteiger partial charge in [-0.3, -0.25) is 9.20 Å². The van der Waals surface area contributed by atoms with Gasteiger partial charge in [0.15, 0.2) is 11.5 Å². The Morgan fingerprint density at radius 1 is 1.56 bits per heavy atom. The normalized spacial score (nSPS) is 12.6. The lowest BCUT2D eigenvalue weighted by molar-refractivity contribution is -0.144. The van der Waals surface area contributed by atoms with Crippen molar-refractivity contribution in [3.63, 3.8) is 0 Å². The van der Waals surface area contributed by atoms with E-state index in [0.29, 0.717) is 18.1 Å². The van der Waals surface area contributed by atoms with Gasteiger partial charge < -0.3 is 4.74 Å². The maximum Gasteiger partial charge on any atom is 0.316 e. The van der Waals surface area contributed by atoms with Gasteiger partial charge in [-0.05, 0) is 13.8 Å². The molecule has 2 aromatic rings.